The number of rotatable bonds is 7. The van der Waals surface area contributed by atoms with Crippen LogP contribution in [0.1, 0.15) is 24.4 Å². The predicted molar refractivity (Wildman–Crippen MR) is 107 cm³/mol. The monoisotopic (exact) mass is 380 g/mol. The van der Waals surface area contributed by atoms with Crippen LogP contribution in [0.5, 0.6) is 0 Å². The van der Waals surface area contributed by atoms with E-state index in [2.05, 4.69) is 10.4 Å². The van der Waals surface area contributed by atoms with Gasteiger partial charge in [-0.15, -0.1) is 16.4 Å². The van der Waals surface area contributed by atoms with Gasteiger partial charge in [0, 0.05) is 18.7 Å². The zero-order valence-corrected chi connectivity index (χ0v) is 15.6. The number of hydrogen-bond donors (Lipinski definition) is 1. The van der Waals surface area contributed by atoms with Crippen molar-refractivity contribution >= 4 is 23.3 Å². The molecule has 6 nitrogen and oxygen atoms in total. The summed E-state index contributed by atoms with van der Waals surface area (Å²) >= 11 is 1.58. The molecule has 1 saturated carbocycles. The summed E-state index contributed by atoms with van der Waals surface area (Å²) in [6, 6.07) is 13.8. The zero-order chi connectivity index (χ0) is 18.6. The number of nitrogens with zero attached hydrogens (tertiary/aromatic N) is 3. The topological polar surface area (TPSA) is 68.9 Å². The quantitative estimate of drug-likeness (QED) is 0.641. The molecule has 3 aromatic rings. The average Bonchev–Trinajstić information content (AvgIpc) is 3.26. The van der Waals surface area contributed by atoms with Crippen molar-refractivity contribution in [3.05, 3.63) is 70.0 Å². The third-order valence-electron chi connectivity index (χ3n) is 4.37. The molecule has 2 aromatic heterocycles. The summed E-state index contributed by atoms with van der Waals surface area (Å²) in [6.45, 7) is 0.700. The molecule has 1 amide bonds. The first-order valence-corrected chi connectivity index (χ1v) is 9.84. The first kappa shape index (κ1) is 17.5. The molecule has 0 saturated heterocycles. The average molecular weight is 380 g/mol. The lowest BCUT2D eigenvalue weighted by molar-refractivity contribution is -0.116. The molecule has 1 N–H and O–H groups in total. The lowest BCUT2D eigenvalue weighted by Gasteiger charge is -2.01. The number of nitrogens with one attached hydrogen (secondary N) is 1. The van der Waals surface area contributed by atoms with Crippen molar-refractivity contribution in [1.82, 2.24) is 19.7 Å². The summed E-state index contributed by atoms with van der Waals surface area (Å²) in [6.07, 6.45) is 5.30. The van der Waals surface area contributed by atoms with Gasteiger partial charge < -0.3 is 5.32 Å². The SMILES string of the molecule is O=C(/C=C/c1ccccc1)NCCn1nc(-c2cccs2)n(C2CC2)c1=O. The van der Waals surface area contributed by atoms with Gasteiger partial charge in [-0.1, -0.05) is 36.4 Å². The molecule has 1 aromatic carbocycles. The Morgan fingerprint density at radius 2 is 2.04 bits per heavy atom. The van der Waals surface area contributed by atoms with Gasteiger partial charge in [0.25, 0.3) is 0 Å². The molecule has 0 aliphatic heterocycles. The maximum absolute atomic E-state index is 12.7. The van der Waals surface area contributed by atoms with E-state index in [1.54, 1.807) is 22.0 Å². The van der Waals surface area contributed by atoms with E-state index in [4.69, 9.17) is 0 Å². The van der Waals surface area contributed by atoms with E-state index in [0.717, 1.165) is 29.1 Å². The highest BCUT2D eigenvalue weighted by Gasteiger charge is 2.30. The number of benzene rings is 1. The van der Waals surface area contributed by atoms with Crippen molar-refractivity contribution in [2.24, 2.45) is 0 Å². The van der Waals surface area contributed by atoms with Gasteiger partial charge in [-0.05, 0) is 35.9 Å². The third kappa shape index (κ3) is 4.09. The number of hydrogen-bond acceptors (Lipinski definition) is 4. The Balaban J connectivity index is 1.40. The highest BCUT2D eigenvalue weighted by molar-refractivity contribution is 7.13. The molecule has 1 aliphatic rings. The molecule has 1 aliphatic carbocycles. The van der Waals surface area contributed by atoms with E-state index >= 15 is 0 Å². The summed E-state index contributed by atoms with van der Waals surface area (Å²) < 4.78 is 3.25. The second-order valence-corrected chi connectivity index (χ2v) is 7.39. The molecule has 7 heteroatoms. The molecule has 0 unspecified atom stereocenters. The highest BCUT2D eigenvalue weighted by Crippen LogP contribution is 2.37. The molecule has 27 heavy (non-hydrogen) atoms. The Bertz CT molecular complexity index is 999. The molecule has 2 heterocycles. The molecule has 0 bridgehead atoms. The molecule has 4 rings (SSSR count). The molecule has 1 fully saturated rings. The van der Waals surface area contributed by atoms with Crippen LogP contribution in [0.4, 0.5) is 0 Å². The molecule has 0 spiro atoms. The number of carbonyl (C=O) groups is 1. The van der Waals surface area contributed by atoms with Gasteiger partial charge in [-0.2, -0.15) is 0 Å². The summed E-state index contributed by atoms with van der Waals surface area (Å²) in [5.41, 5.74) is 0.864. The fourth-order valence-electron chi connectivity index (χ4n) is 2.88. The molecule has 0 atom stereocenters. The highest BCUT2D eigenvalue weighted by atomic mass is 32.1. The normalized spacial score (nSPS) is 13.9. The Morgan fingerprint density at radius 1 is 1.22 bits per heavy atom. The van der Waals surface area contributed by atoms with E-state index in [-0.39, 0.29) is 17.6 Å². The minimum absolute atomic E-state index is 0.102. The van der Waals surface area contributed by atoms with Crippen LogP contribution in [0.15, 0.2) is 58.7 Å². The second kappa shape index (κ2) is 7.75. The smallest absolute Gasteiger partial charge is 0.346 e. The number of amides is 1. The summed E-state index contributed by atoms with van der Waals surface area (Å²) in [5.74, 6) is 0.541. The summed E-state index contributed by atoms with van der Waals surface area (Å²) in [4.78, 5) is 25.6. The largest absolute Gasteiger partial charge is 0.351 e. The van der Waals surface area contributed by atoms with Gasteiger partial charge in [0.2, 0.25) is 5.91 Å². The molecular formula is C20H20N4O2S. The van der Waals surface area contributed by atoms with Gasteiger partial charge >= 0.3 is 5.69 Å². The van der Waals surface area contributed by atoms with Crippen LogP contribution in [0.3, 0.4) is 0 Å². The minimum atomic E-state index is -0.188. The lowest BCUT2D eigenvalue weighted by Crippen LogP contribution is -2.31. The first-order valence-electron chi connectivity index (χ1n) is 8.96. The summed E-state index contributed by atoms with van der Waals surface area (Å²) in [7, 11) is 0. The van der Waals surface area contributed by atoms with Gasteiger partial charge in [0.15, 0.2) is 5.82 Å². The van der Waals surface area contributed by atoms with Crippen molar-refractivity contribution in [3.63, 3.8) is 0 Å². The van der Waals surface area contributed by atoms with Crippen molar-refractivity contribution < 1.29 is 4.79 Å². The standard InChI is InChI=1S/C20H20N4O2S/c25-18(11-8-15-5-2-1-3-6-15)21-12-13-23-20(26)24(16-9-10-16)19(22-23)17-7-4-14-27-17/h1-8,11,14,16H,9-10,12-13H2,(H,21,25)/b11-8+. The maximum atomic E-state index is 12.7. The Labute approximate surface area is 160 Å². The van der Waals surface area contributed by atoms with Gasteiger partial charge in [0.1, 0.15) is 0 Å². The first-order chi connectivity index (χ1) is 13.2. The van der Waals surface area contributed by atoms with Crippen LogP contribution in [0.25, 0.3) is 16.8 Å². The van der Waals surface area contributed by atoms with Crippen molar-refractivity contribution in [3.8, 4) is 10.7 Å². The summed E-state index contributed by atoms with van der Waals surface area (Å²) in [5, 5.41) is 9.30. The van der Waals surface area contributed by atoms with E-state index in [1.165, 1.54) is 10.8 Å². The Morgan fingerprint density at radius 3 is 2.74 bits per heavy atom. The number of thiophene rings is 1. The van der Waals surface area contributed by atoms with Crippen LogP contribution >= 0.6 is 11.3 Å². The van der Waals surface area contributed by atoms with E-state index in [9.17, 15) is 9.59 Å². The third-order valence-corrected chi connectivity index (χ3v) is 5.24. The molecular weight excluding hydrogens is 360 g/mol. The fourth-order valence-corrected chi connectivity index (χ4v) is 3.59. The predicted octanol–water partition coefficient (Wildman–Crippen LogP) is 2.94. The minimum Gasteiger partial charge on any atom is -0.351 e. The number of carbonyl (C=O) groups excluding carboxylic acids is 1. The van der Waals surface area contributed by atoms with E-state index in [0.29, 0.717) is 13.1 Å². The second-order valence-electron chi connectivity index (χ2n) is 6.44. The lowest BCUT2D eigenvalue weighted by atomic mass is 10.2. The molecule has 0 radical (unpaired) electrons. The number of aromatic nitrogens is 3. The van der Waals surface area contributed by atoms with Crippen LogP contribution in [-0.4, -0.2) is 26.8 Å². The van der Waals surface area contributed by atoms with Crippen LogP contribution in [0, 0.1) is 0 Å². The Hall–Kier alpha value is -2.93. The molecule has 138 valence electrons. The van der Waals surface area contributed by atoms with Crippen LogP contribution in [-0.2, 0) is 11.3 Å². The van der Waals surface area contributed by atoms with Crippen molar-refractivity contribution in [2.75, 3.05) is 6.54 Å². The van der Waals surface area contributed by atoms with Crippen molar-refractivity contribution in [1.29, 1.82) is 0 Å². The fraction of sp³-hybridized carbons (Fsp3) is 0.250. The van der Waals surface area contributed by atoms with Crippen molar-refractivity contribution in [2.45, 2.75) is 25.4 Å². The van der Waals surface area contributed by atoms with Gasteiger partial charge in [-0.3, -0.25) is 9.36 Å². The van der Waals surface area contributed by atoms with Gasteiger partial charge in [0.05, 0.1) is 11.4 Å². The zero-order valence-electron chi connectivity index (χ0n) is 14.7. The Kier molecular flexibility index (Phi) is 5.02. The van der Waals surface area contributed by atoms with Gasteiger partial charge in [-0.25, -0.2) is 9.48 Å². The van der Waals surface area contributed by atoms with Crippen LogP contribution < -0.4 is 11.0 Å². The van der Waals surface area contributed by atoms with Crippen LogP contribution in [0.2, 0.25) is 0 Å². The van der Waals surface area contributed by atoms with E-state index in [1.807, 2.05) is 47.8 Å². The van der Waals surface area contributed by atoms with E-state index < -0.39 is 0 Å². The maximum Gasteiger partial charge on any atom is 0.346 e.